The Kier molecular flexibility index (Phi) is 4.27. The van der Waals surface area contributed by atoms with Crippen LogP contribution in [0.4, 0.5) is 0 Å². The van der Waals surface area contributed by atoms with Gasteiger partial charge in [-0.05, 0) is 30.0 Å². The molecule has 2 rings (SSSR count). The van der Waals surface area contributed by atoms with Gasteiger partial charge in [0.25, 0.3) is 0 Å². The molecular formula is C13H15Cl2N3. The Bertz CT molecular complexity index is 537. The minimum absolute atomic E-state index is 0.114. The summed E-state index contributed by atoms with van der Waals surface area (Å²) in [6.07, 6.45) is 5.53. The van der Waals surface area contributed by atoms with Crippen LogP contribution in [0.1, 0.15) is 23.6 Å². The van der Waals surface area contributed by atoms with Crippen molar-refractivity contribution in [1.82, 2.24) is 9.78 Å². The zero-order valence-electron chi connectivity index (χ0n) is 10.1. The van der Waals surface area contributed by atoms with E-state index >= 15 is 0 Å². The van der Waals surface area contributed by atoms with Crippen molar-refractivity contribution in [1.29, 1.82) is 0 Å². The summed E-state index contributed by atoms with van der Waals surface area (Å²) in [5, 5.41) is 5.23. The van der Waals surface area contributed by atoms with E-state index in [0.717, 1.165) is 18.4 Å². The summed E-state index contributed by atoms with van der Waals surface area (Å²) >= 11 is 12.1. The number of nitrogens with two attached hydrogens (primary N) is 1. The fraction of sp³-hybridized carbons (Fsp3) is 0.308. The highest BCUT2D eigenvalue weighted by atomic mass is 35.5. The van der Waals surface area contributed by atoms with E-state index in [-0.39, 0.29) is 6.04 Å². The first-order valence-electron chi connectivity index (χ1n) is 5.75. The number of aromatic nitrogens is 2. The molecule has 2 aromatic rings. The van der Waals surface area contributed by atoms with E-state index in [1.165, 1.54) is 5.56 Å². The predicted octanol–water partition coefficient (Wildman–Crippen LogP) is 3.36. The molecule has 0 amide bonds. The van der Waals surface area contributed by atoms with Crippen molar-refractivity contribution in [3.05, 3.63) is 51.8 Å². The van der Waals surface area contributed by atoms with Crippen molar-refractivity contribution in [2.75, 3.05) is 0 Å². The standard InChI is InChI=1S/C13H15Cl2N3/c1-18-8-9(7-17-18)5-6-12(16)10-3-2-4-11(14)13(10)15/h2-4,7-8,12H,5-6,16H2,1H3. The van der Waals surface area contributed by atoms with Crippen LogP contribution in [0.3, 0.4) is 0 Å². The average molecular weight is 284 g/mol. The average Bonchev–Trinajstić information content (AvgIpc) is 2.76. The van der Waals surface area contributed by atoms with Gasteiger partial charge >= 0.3 is 0 Å². The molecule has 0 saturated heterocycles. The van der Waals surface area contributed by atoms with E-state index in [1.54, 1.807) is 10.7 Å². The molecule has 2 N–H and O–H groups in total. The summed E-state index contributed by atoms with van der Waals surface area (Å²) in [6.45, 7) is 0. The first-order chi connectivity index (χ1) is 8.58. The number of rotatable bonds is 4. The number of benzene rings is 1. The van der Waals surface area contributed by atoms with Crippen LogP contribution >= 0.6 is 23.2 Å². The van der Waals surface area contributed by atoms with Crippen LogP contribution in [-0.2, 0) is 13.5 Å². The van der Waals surface area contributed by atoms with Gasteiger partial charge in [-0.2, -0.15) is 5.10 Å². The molecule has 0 aliphatic heterocycles. The fourth-order valence-electron chi connectivity index (χ4n) is 1.89. The summed E-state index contributed by atoms with van der Waals surface area (Å²) in [5.74, 6) is 0. The van der Waals surface area contributed by atoms with Crippen LogP contribution in [0.2, 0.25) is 10.0 Å². The molecule has 0 aliphatic carbocycles. The maximum Gasteiger partial charge on any atom is 0.0640 e. The summed E-state index contributed by atoms with van der Waals surface area (Å²) in [7, 11) is 1.90. The van der Waals surface area contributed by atoms with E-state index in [4.69, 9.17) is 28.9 Å². The molecule has 1 atom stereocenters. The lowest BCUT2D eigenvalue weighted by Gasteiger charge is -2.13. The number of aryl methyl sites for hydroxylation is 2. The van der Waals surface area contributed by atoms with Crippen molar-refractivity contribution < 1.29 is 0 Å². The third-order valence-corrected chi connectivity index (χ3v) is 3.72. The quantitative estimate of drug-likeness (QED) is 0.935. The third-order valence-electron chi connectivity index (χ3n) is 2.88. The predicted molar refractivity (Wildman–Crippen MR) is 74.9 cm³/mol. The van der Waals surface area contributed by atoms with Crippen LogP contribution in [0.25, 0.3) is 0 Å². The molecule has 0 bridgehead atoms. The number of hydrogen-bond acceptors (Lipinski definition) is 2. The van der Waals surface area contributed by atoms with Crippen molar-refractivity contribution in [3.8, 4) is 0 Å². The lowest BCUT2D eigenvalue weighted by atomic mass is 10.0. The second-order valence-corrected chi connectivity index (χ2v) is 5.10. The number of hydrogen-bond donors (Lipinski definition) is 1. The zero-order valence-corrected chi connectivity index (χ0v) is 11.6. The Balaban J connectivity index is 2.03. The topological polar surface area (TPSA) is 43.8 Å². The normalized spacial score (nSPS) is 12.7. The van der Waals surface area contributed by atoms with Crippen molar-refractivity contribution in [2.45, 2.75) is 18.9 Å². The molecule has 0 spiro atoms. The van der Waals surface area contributed by atoms with Gasteiger partial charge in [0.05, 0.1) is 16.2 Å². The molecular weight excluding hydrogens is 269 g/mol. The largest absolute Gasteiger partial charge is 0.324 e. The summed E-state index contributed by atoms with van der Waals surface area (Å²) in [6, 6.07) is 5.44. The molecule has 0 radical (unpaired) electrons. The maximum absolute atomic E-state index is 6.15. The van der Waals surface area contributed by atoms with Crippen molar-refractivity contribution >= 4 is 23.2 Å². The Morgan fingerprint density at radius 2 is 2.17 bits per heavy atom. The lowest BCUT2D eigenvalue weighted by Crippen LogP contribution is -2.11. The van der Waals surface area contributed by atoms with Gasteiger partial charge in [-0.25, -0.2) is 0 Å². The van der Waals surface area contributed by atoms with Crippen molar-refractivity contribution in [2.24, 2.45) is 12.8 Å². The smallest absolute Gasteiger partial charge is 0.0640 e. The zero-order chi connectivity index (χ0) is 13.1. The molecule has 5 heteroatoms. The summed E-state index contributed by atoms with van der Waals surface area (Å²) < 4.78 is 1.78. The second-order valence-electron chi connectivity index (χ2n) is 4.31. The minimum Gasteiger partial charge on any atom is -0.324 e. The van der Waals surface area contributed by atoms with Gasteiger partial charge in [-0.15, -0.1) is 0 Å². The molecule has 0 fully saturated rings. The number of nitrogens with zero attached hydrogens (tertiary/aromatic N) is 2. The molecule has 18 heavy (non-hydrogen) atoms. The highest BCUT2D eigenvalue weighted by molar-refractivity contribution is 6.42. The third kappa shape index (κ3) is 3.05. The molecule has 96 valence electrons. The Morgan fingerprint density at radius 3 is 2.83 bits per heavy atom. The highest BCUT2D eigenvalue weighted by Gasteiger charge is 2.12. The highest BCUT2D eigenvalue weighted by Crippen LogP contribution is 2.30. The molecule has 1 aromatic carbocycles. The Morgan fingerprint density at radius 1 is 1.39 bits per heavy atom. The summed E-state index contributed by atoms with van der Waals surface area (Å²) in [5.41, 5.74) is 8.22. The van der Waals surface area contributed by atoms with E-state index < -0.39 is 0 Å². The SMILES string of the molecule is Cn1cc(CCC(N)c2cccc(Cl)c2Cl)cn1. The van der Waals surface area contributed by atoms with Gasteiger partial charge in [-0.3, -0.25) is 4.68 Å². The Labute approximate surface area is 117 Å². The van der Waals surface area contributed by atoms with Gasteiger partial charge in [-0.1, -0.05) is 35.3 Å². The molecule has 1 heterocycles. The molecule has 0 aliphatic rings. The lowest BCUT2D eigenvalue weighted by molar-refractivity contribution is 0.651. The molecule has 1 aromatic heterocycles. The van der Waals surface area contributed by atoms with E-state index in [9.17, 15) is 0 Å². The minimum atomic E-state index is -0.114. The number of halogens is 2. The van der Waals surface area contributed by atoms with Gasteiger partial charge < -0.3 is 5.73 Å². The maximum atomic E-state index is 6.15. The van der Waals surface area contributed by atoms with Gasteiger partial charge in [0, 0.05) is 19.3 Å². The van der Waals surface area contributed by atoms with Crippen LogP contribution in [0, 0.1) is 0 Å². The van der Waals surface area contributed by atoms with Gasteiger partial charge in [0.1, 0.15) is 0 Å². The van der Waals surface area contributed by atoms with Gasteiger partial charge in [0.2, 0.25) is 0 Å². The van der Waals surface area contributed by atoms with Crippen LogP contribution < -0.4 is 5.73 Å². The molecule has 0 saturated carbocycles. The van der Waals surface area contributed by atoms with Gasteiger partial charge in [0.15, 0.2) is 0 Å². The molecule has 3 nitrogen and oxygen atoms in total. The van der Waals surface area contributed by atoms with E-state index in [0.29, 0.717) is 10.0 Å². The molecule has 1 unspecified atom stereocenters. The first-order valence-corrected chi connectivity index (χ1v) is 6.50. The Hall–Kier alpha value is -1.03. The van der Waals surface area contributed by atoms with Crippen molar-refractivity contribution in [3.63, 3.8) is 0 Å². The second kappa shape index (κ2) is 5.74. The van der Waals surface area contributed by atoms with Crippen LogP contribution in [-0.4, -0.2) is 9.78 Å². The van der Waals surface area contributed by atoms with E-state index in [2.05, 4.69) is 5.10 Å². The van der Waals surface area contributed by atoms with Crippen LogP contribution in [0.5, 0.6) is 0 Å². The fourth-order valence-corrected chi connectivity index (χ4v) is 2.33. The first kappa shape index (κ1) is 13.4. The van der Waals surface area contributed by atoms with Crippen LogP contribution in [0.15, 0.2) is 30.6 Å². The van der Waals surface area contributed by atoms with E-state index in [1.807, 2.05) is 31.6 Å². The monoisotopic (exact) mass is 283 g/mol. The summed E-state index contributed by atoms with van der Waals surface area (Å²) in [4.78, 5) is 0.